The Hall–Kier alpha value is -1.15. The molecule has 1 aromatic carbocycles. The summed E-state index contributed by atoms with van der Waals surface area (Å²) in [5.41, 5.74) is 1.36. The molecule has 18 heavy (non-hydrogen) atoms. The maximum atomic E-state index is 10.9. The molecule has 2 nitrogen and oxygen atoms in total. The summed E-state index contributed by atoms with van der Waals surface area (Å²) in [4.78, 5) is 13.4. The van der Waals surface area contributed by atoms with Crippen LogP contribution in [0, 0.1) is 0 Å². The molecule has 0 aliphatic rings. The highest BCUT2D eigenvalue weighted by molar-refractivity contribution is 5.75. The van der Waals surface area contributed by atoms with Crippen molar-refractivity contribution < 1.29 is 4.79 Å². The number of rotatable bonds is 8. The molecule has 0 saturated heterocycles. The topological polar surface area (TPSA) is 20.3 Å². The zero-order valence-corrected chi connectivity index (χ0v) is 11.9. The smallest absolute Gasteiger partial charge is 0.129 e. The van der Waals surface area contributed by atoms with E-state index in [9.17, 15) is 4.79 Å². The molecule has 0 spiro atoms. The van der Waals surface area contributed by atoms with Gasteiger partial charge in [-0.2, -0.15) is 0 Å². The van der Waals surface area contributed by atoms with Gasteiger partial charge in [-0.05, 0) is 45.7 Å². The number of benzene rings is 1. The van der Waals surface area contributed by atoms with Gasteiger partial charge in [0.1, 0.15) is 5.78 Å². The number of hydrogen-bond acceptors (Lipinski definition) is 2. The van der Waals surface area contributed by atoms with Gasteiger partial charge in [0.15, 0.2) is 0 Å². The van der Waals surface area contributed by atoms with E-state index in [0.717, 1.165) is 32.4 Å². The predicted molar refractivity (Wildman–Crippen MR) is 76.5 cm³/mol. The molecule has 0 saturated carbocycles. The van der Waals surface area contributed by atoms with Gasteiger partial charge < -0.3 is 4.79 Å². The number of Topliss-reactive ketones (excluding diaryl/α,β-unsaturated/α-hetero) is 1. The summed E-state index contributed by atoms with van der Waals surface area (Å²) < 4.78 is 0. The fourth-order valence-electron chi connectivity index (χ4n) is 2.03. The molecule has 0 fully saturated rings. The number of nitrogens with zero attached hydrogens (tertiary/aromatic N) is 1. The Kier molecular flexibility index (Phi) is 6.66. The van der Waals surface area contributed by atoms with E-state index < -0.39 is 0 Å². The van der Waals surface area contributed by atoms with E-state index in [4.69, 9.17) is 0 Å². The van der Waals surface area contributed by atoms with Gasteiger partial charge in [-0.25, -0.2) is 0 Å². The second-order valence-electron chi connectivity index (χ2n) is 5.21. The molecular formula is C16H25NO. The highest BCUT2D eigenvalue weighted by Gasteiger charge is 2.09. The van der Waals surface area contributed by atoms with Crippen LogP contribution in [0.2, 0.25) is 0 Å². The van der Waals surface area contributed by atoms with Crippen LogP contribution in [0.5, 0.6) is 0 Å². The molecule has 0 aliphatic heterocycles. The zero-order chi connectivity index (χ0) is 13.4. The number of carbonyl (C=O) groups is 1. The van der Waals surface area contributed by atoms with Crippen molar-refractivity contribution in [1.29, 1.82) is 0 Å². The second-order valence-corrected chi connectivity index (χ2v) is 5.21. The summed E-state index contributed by atoms with van der Waals surface area (Å²) in [6.07, 6.45) is 2.83. The van der Waals surface area contributed by atoms with Crippen LogP contribution in [0.1, 0.15) is 45.6 Å². The van der Waals surface area contributed by atoms with E-state index in [-0.39, 0.29) is 0 Å². The van der Waals surface area contributed by atoms with E-state index in [2.05, 4.69) is 49.1 Å². The van der Waals surface area contributed by atoms with E-state index in [1.807, 2.05) is 0 Å². The predicted octanol–water partition coefficient (Wildman–Crippen LogP) is 3.66. The Morgan fingerprint density at radius 2 is 1.83 bits per heavy atom. The molecule has 0 unspecified atom stereocenters. The van der Waals surface area contributed by atoms with Crippen LogP contribution >= 0.6 is 0 Å². The third-order valence-electron chi connectivity index (χ3n) is 3.18. The summed E-state index contributed by atoms with van der Waals surface area (Å²) in [6.45, 7) is 8.20. The molecule has 0 radical (unpaired) electrons. The summed E-state index contributed by atoms with van der Waals surface area (Å²) in [5, 5.41) is 0. The van der Waals surface area contributed by atoms with Gasteiger partial charge in [0.2, 0.25) is 0 Å². The quantitative estimate of drug-likeness (QED) is 0.653. The van der Waals surface area contributed by atoms with Crippen molar-refractivity contribution in [1.82, 2.24) is 4.90 Å². The first kappa shape index (κ1) is 14.9. The maximum absolute atomic E-state index is 10.9. The van der Waals surface area contributed by atoms with Crippen LogP contribution in [0.4, 0.5) is 0 Å². The van der Waals surface area contributed by atoms with E-state index in [1.54, 1.807) is 6.92 Å². The summed E-state index contributed by atoms with van der Waals surface area (Å²) in [6, 6.07) is 11.1. The van der Waals surface area contributed by atoms with Gasteiger partial charge >= 0.3 is 0 Å². The highest BCUT2D eigenvalue weighted by atomic mass is 16.1. The number of hydrogen-bond donors (Lipinski definition) is 0. The normalized spacial score (nSPS) is 11.2. The molecular weight excluding hydrogens is 222 g/mol. The van der Waals surface area contributed by atoms with Crippen LogP contribution in [-0.2, 0) is 11.3 Å². The lowest BCUT2D eigenvalue weighted by molar-refractivity contribution is -0.117. The van der Waals surface area contributed by atoms with Crippen molar-refractivity contribution in [2.45, 2.75) is 52.6 Å². The molecule has 0 bridgehead atoms. The fourth-order valence-corrected chi connectivity index (χ4v) is 2.03. The van der Waals surface area contributed by atoms with Crippen molar-refractivity contribution >= 4 is 5.78 Å². The van der Waals surface area contributed by atoms with Gasteiger partial charge in [-0.1, -0.05) is 30.3 Å². The minimum Gasteiger partial charge on any atom is -0.300 e. The van der Waals surface area contributed by atoms with Crippen LogP contribution in [0.25, 0.3) is 0 Å². The second kappa shape index (κ2) is 8.04. The zero-order valence-electron chi connectivity index (χ0n) is 11.9. The Balaban J connectivity index is 2.38. The number of ketones is 1. The lowest BCUT2D eigenvalue weighted by Crippen LogP contribution is -2.31. The van der Waals surface area contributed by atoms with E-state index in [0.29, 0.717) is 11.8 Å². The van der Waals surface area contributed by atoms with Gasteiger partial charge in [0.05, 0.1) is 0 Å². The molecule has 1 aromatic rings. The molecule has 0 heterocycles. The maximum Gasteiger partial charge on any atom is 0.129 e. The van der Waals surface area contributed by atoms with Crippen molar-refractivity contribution in [3.05, 3.63) is 35.9 Å². The highest BCUT2D eigenvalue weighted by Crippen LogP contribution is 2.10. The average molecular weight is 247 g/mol. The first-order chi connectivity index (χ1) is 8.59. The SMILES string of the molecule is CC(=O)CCCCN(Cc1ccccc1)C(C)C. The standard InChI is InChI=1S/C16H25NO/c1-14(2)17(12-8-7-9-15(3)18)13-16-10-5-4-6-11-16/h4-6,10-11,14H,7-9,12-13H2,1-3H3. The van der Waals surface area contributed by atoms with Crippen molar-refractivity contribution in [2.75, 3.05) is 6.54 Å². The largest absolute Gasteiger partial charge is 0.300 e. The summed E-state index contributed by atoms with van der Waals surface area (Å²) in [7, 11) is 0. The monoisotopic (exact) mass is 247 g/mol. The Bertz CT molecular complexity index is 345. The Morgan fingerprint density at radius 1 is 1.17 bits per heavy atom. The Morgan fingerprint density at radius 3 is 2.39 bits per heavy atom. The van der Waals surface area contributed by atoms with Crippen LogP contribution in [-0.4, -0.2) is 23.3 Å². The first-order valence-electron chi connectivity index (χ1n) is 6.87. The van der Waals surface area contributed by atoms with Gasteiger partial charge in [0.25, 0.3) is 0 Å². The third kappa shape index (κ3) is 5.97. The molecule has 1 rings (SSSR count). The minimum absolute atomic E-state index is 0.300. The van der Waals surface area contributed by atoms with Crippen LogP contribution < -0.4 is 0 Å². The Labute approximate surface area is 111 Å². The minimum atomic E-state index is 0.300. The molecule has 0 N–H and O–H groups in total. The molecule has 0 aromatic heterocycles. The number of unbranched alkanes of at least 4 members (excludes halogenated alkanes) is 1. The first-order valence-corrected chi connectivity index (χ1v) is 6.87. The van der Waals surface area contributed by atoms with Crippen LogP contribution in [0.3, 0.4) is 0 Å². The van der Waals surface area contributed by atoms with Crippen molar-refractivity contribution in [3.8, 4) is 0 Å². The van der Waals surface area contributed by atoms with E-state index in [1.165, 1.54) is 5.56 Å². The lowest BCUT2D eigenvalue weighted by atomic mass is 10.1. The fraction of sp³-hybridized carbons (Fsp3) is 0.562. The van der Waals surface area contributed by atoms with E-state index >= 15 is 0 Å². The third-order valence-corrected chi connectivity index (χ3v) is 3.18. The van der Waals surface area contributed by atoms with Gasteiger partial charge in [0, 0.05) is 19.0 Å². The summed E-state index contributed by atoms with van der Waals surface area (Å²) in [5.74, 6) is 0.300. The molecule has 0 aliphatic carbocycles. The van der Waals surface area contributed by atoms with Gasteiger partial charge in [-0.15, -0.1) is 0 Å². The number of carbonyl (C=O) groups excluding carboxylic acids is 1. The molecule has 2 heteroatoms. The average Bonchev–Trinajstić information content (AvgIpc) is 2.33. The summed E-state index contributed by atoms with van der Waals surface area (Å²) >= 11 is 0. The van der Waals surface area contributed by atoms with Gasteiger partial charge in [-0.3, -0.25) is 4.90 Å². The van der Waals surface area contributed by atoms with Crippen molar-refractivity contribution in [3.63, 3.8) is 0 Å². The lowest BCUT2D eigenvalue weighted by Gasteiger charge is -2.26. The molecule has 0 amide bonds. The molecule has 0 atom stereocenters. The van der Waals surface area contributed by atoms with Crippen molar-refractivity contribution in [2.24, 2.45) is 0 Å². The van der Waals surface area contributed by atoms with Crippen LogP contribution in [0.15, 0.2) is 30.3 Å². The molecule has 100 valence electrons.